The van der Waals surface area contributed by atoms with Crippen LogP contribution < -0.4 is 5.32 Å². The molecule has 3 aromatic rings. The number of rotatable bonds is 2. The van der Waals surface area contributed by atoms with Crippen LogP contribution in [-0.4, -0.2) is 21.1 Å². The van der Waals surface area contributed by atoms with Crippen LogP contribution in [0.25, 0.3) is 10.9 Å². The highest BCUT2D eigenvalue weighted by Crippen LogP contribution is 2.28. The maximum absolute atomic E-state index is 12.0. The van der Waals surface area contributed by atoms with Crippen LogP contribution in [-0.2, 0) is 0 Å². The van der Waals surface area contributed by atoms with Gasteiger partial charge in [0.05, 0.1) is 16.2 Å². The molecule has 1 amide bonds. The Morgan fingerprint density at radius 3 is 2.80 bits per heavy atom. The van der Waals surface area contributed by atoms with Crippen molar-refractivity contribution in [2.24, 2.45) is 0 Å². The van der Waals surface area contributed by atoms with Crippen LogP contribution in [0.15, 0.2) is 30.5 Å². The van der Waals surface area contributed by atoms with Gasteiger partial charge < -0.3 is 5.32 Å². The first kappa shape index (κ1) is 13.2. The molecule has 20 heavy (non-hydrogen) atoms. The zero-order valence-corrected chi connectivity index (χ0v) is 12.1. The summed E-state index contributed by atoms with van der Waals surface area (Å²) in [5, 5.41) is 11.5. The Bertz CT molecular complexity index is 805. The molecule has 0 atom stereocenters. The van der Waals surface area contributed by atoms with E-state index < -0.39 is 0 Å². The lowest BCUT2D eigenvalue weighted by molar-refractivity contribution is 0.102. The number of pyridine rings is 1. The normalized spacial score (nSPS) is 10.7. The third-order valence-electron chi connectivity index (χ3n) is 2.56. The van der Waals surface area contributed by atoms with Crippen molar-refractivity contribution >= 4 is 57.0 Å². The average molecular weight is 325 g/mol. The van der Waals surface area contributed by atoms with Gasteiger partial charge >= 0.3 is 0 Å². The topological polar surface area (TPSA) is 67.8 Å². The highest BCUT2D eigenvalue weighted by Gasteiger charge is 2.14. The Morgan fingerprint density at radius 1 is 1.20 bits per heavy atom. The number of nitrogens with zero attached hydrogens (tertiary/aromatic N) is 3. The van der Waals surface area contributed by atoms with Crippen LogP contribution in [0.3, 0.4) is 0 Å². The molecule has 5 nitrogen and oxygen atoms in total. The van der Waals surface area contributed by atoms with Crippen molar-refractivity contribution in [2.45, 2.75) is 0 Å². The van der Waals surface area contributed by atoms with Gasteiger partial charge in [-0.2, -0.15) is 0 Å². The van der Waals surface area contributed by atoms with E-state index in [0.29, 0.717) is 16.2 Å². The van der Waals surface area contributed by atoms with E-state index in [4.69, 9.17) is 23.2 Å². The van der Waals surface area contributed by atoms with Crippen molar-refractivity contribution in [3.8, 4) is 0 Å². The van der Waals surface area contributed by atoms with Crippen molar-refractivity contribution in [1.82, 2.24) is 15.2 Å². The van der Waals surface area contributed by atoms with Crippen molar-refractivity contribution in [1.29, 1.82) is 0 Å². The molecule has 2 aromatic heterocycles. The van der Waals surface area contributed by atoms with E-state index in [1.54, 1.807) is 24.4 Å². The van der Waals surface area contributed by atoms with Gasteiger partial charge in [-0.1, -0.05) is 22.9 Å². The molecule has 3 rings (SSSR count). The number of halogens is 2. The highest BCUT2D eigenvalue weighted by atomic mass is 35.5. The summed E-state index contributed by atoms with van der Waals surface area (Å²) in [6, 6.07) is 7.01. The Kier molecular flexibility index (Phi) is 3.52. The number of nitrogens with one attached hydrogen (secondary N) is 1. The predicted molar refractivity (Wildman–Crippen MR) is 79.6 cm³/mol. The van der Waals surface area contributed by atoms with Gasteiger partial charge in [0.1, 0.15) is 0 Å². The molecule has 1 N–H and O–H groups in total. The molecule has 0 aliphatic rings. The van der Waals surface area contributed by atoms with Crippen molar-refractivity contribution in [2.75, 3.05) is 5.32 Å². The quantitative estimate of drug-likeness (QED) is 0.781. The highest BCUT2D eigenvalue weighted by molar-refractivity contribution is 7.17. The molecule has 0 bridgehead atoms. The van der Waals surface area contributed by atoms with Gasteiger partial charge in [0.2, 0.25) is 9.47 Å². The van der Waals surface area contributed by atoms with E-state index in [1.165, 1.54) is 0 Å². The molecule has 0 aliphatic carbocycles. The lowest BCUT2D eigenvalue weighted by Gasteiger charge is -2.07. The minimum Gasteiger partial charge on any atom is -0.318 e. The van der Waals surface area contributed by atoms with Gasteiger partial charge in [-0.15, -0.1) is 10.2 Å². The van der Waals surface area contributed by atoms with Crippen molar-refractivity contribution in [3.63, 3.8) is 0 Å². The summed E-state index contributed by atoms with van der Waals surface area (Å²) in [5.74, 6) is -0.385. The molecule has 0 saturated carbocycles. The first-order valence-corrected chi connectivity index (χ1v) is 7.06. The van der Waals surface area contributed by atoms with Gasteiger partial charge in [0.15, 0.2) is 0 Å². The van der Waals surface area contributed by atoms with Crippen LogP contribution >= 0.6 is 34.5 Å². The lowest BCUT2D eigenvalue weighted by Crippen LogP contribution is -2.12. The minimum absolute atomic E-state index is 0.189. The number of aromatic nitrogens is 3. The fraction of sp³-hybridized carbons (Fsp3) is 0. The molecule has 0 aliphatic heterocycles. The van der Waals surface area contributed by atoms with Crippen LogP contribution in [0.2, 0.25) is 9.49 Å². The largest absolute Gasteiger partial charge is 0.318 e. The third kappa shape index (κ3) is 2.45. The van der Waals surface area contributed by atoms with Gasteiger partial charge in [-0.3, -0.25) is 9.78 Å². The molecule has 1 aromatic carbocycles. The van der Waals surface area contributed by atoms with Crippen molar-refractivity contribution in [3.05, 3.63) is 45.0 Å². The van der Waals surface area contributed by atoms with Crippen LogP contribution in [0.4, 0.5) is 5.69 Å². The third-order valence-corrected chi connectivity index (χ3v) is 3.91. The molecule has 2 heterocycles. The van der Waals surface area contributed by atoms with Gasteiger partial charge in [0, 0.05) is 11.6 Å². The standard InChI is InChI=1S/C12H6Cl2N4OS/c13-7-3-4-8(9-6(7)2-1-5-15-9)16-10(19)11-17-18-12(14)20-11/h1-5H,(H,16,19). The second-order valence-electron chi connectivity index (χ2n) is 3.81. The number of hydrogen-bond acceptors (Lipinski definition) is 5. The molecule has 0 radical (unpaired) electrons. The first-order chi connectivity index (χ1) is 9.65. The Morgan fingerprint density at radius 2 is 2.05 bits per heavy atom. The van der Waals surface area contributed by atoms with Crippen LogP contribution in [0.1, 0.15) is 9.80 Å². The zero-order chi connectivity index (χ0) is 14.1. The van der Waals surface area contributed by atoms with E-state index in [9.17, 15) is 4.79 Å². The summed E-state index contributed by atoms with van der Waals surface area (Å²) in [5.41, 5.74) is 1.17. The van der Waals surface area contributed by atoms with Crippen LogP contribution in [0.5, 0.6) is 0 Å². The van der Waals surface area contributed by atoms with Gasteiger partial charge in [-0.25, -0.2) is 0 Å². The fourth-order valence-electron chi connectivity index (χ4n) is 1.71. The Balaban J connectivity index is 1.99. The number of anilines is 1. The van der Waals surface area contributed by atoms with Gasteiger partial charge in [-0.05, 0) is 35.9 Å². The molecule has 0 saturated heterocycles. The van der Waals surface area contributed by atoms with Crippen molar-refractivity contribution < 1.29 is 4.79 Å². The number of fused-ring (bicyclic) bond motifs is 1. The predicted octanol–water partition coefficient (Wildman–Crippen LogP) is 3.65. The van der Waals surface area contributed by atoms with Gasteiger partial charge in [0.25, 0.3) is 5.91 Å². The summed E-state index contributed by atoms with van der Waals surface area (Å²) in [6.07, 6.45) is 1.64. The zero-order valence-electron chi connectivity index (χ0n) is 9.80. The van der Waals surface area contributed by atoms with E-state index in [1.807, 2.05) is 6.07 Å². The smallest absolute Gasteiger partial charge is 0.286 e. The Labute approximate surface area is 127 Å². The van der Waals surface area contributed by atoms with E-state index in [0.717, 1.165) is 16.7 Å². The molecule has 0 fully saturated rings. The maximum Gasteiger partial charge on any atom is 0.286 e. The second-order valence-corrected chi connectivity index (χ2v) is 5.78. The molecular weight excluding hydrogens is 319 g/mol. The molecule has 100 valence electrons. The summed E-state index contributed by atoms with van der Waals surface area (Å²) < 4.78 is 0.217. The minimum atomic E-state index is -0.385. The van der Waals surface area contributed by atoms with E-state index in [2.05, 4.69) is 20.5 Å². The first-order valence-electron chi connectivity index (χ1n) is 5.49. The summed E-state index contributed by atoms with van der Waals surface area (Å²) in [6.45, 7) is 0. The lowest BCUT2D eigenvalue weighted by atomic mass is 10.2. The number of carbonyl (C=O) groups excluding carboxylic acids is 1. The molecule has 0 unspecified atom stereocenters. The number of benzene rings is 1. The SMILES string of the molecule is O=C(Nc1ccc(Cl)c2cccnc12)c1nnc(Cl)s1. The molecule has 8 heteroatoms. The molecule has 0 spiro atoms. The van der Waals surface area contributed by atoms with E-state index >= 15 is 0 Å². The second kappa shape index (κ2) is 5.32. The summed E-state index contributed by atoms with van der Waals surface area (Å²) in [4.78, 5) is 16.3. The average Bonchev–Trinajstić information content (AvgIpc) is 2.89. The number of hydrogen-bond donors (Lipinski definition) is 1. The van der Waals surface area contributed by atoms with E-state index in [-0.39, 0.29) is 15.4 Å². The molecular formula is C12H6Cl2N4OS. The number of carbonyl (C=O) groups is 1. The maximum atomic E-state index is 12.0. The fourth-order valence-corrected chi connectivity index (χ4v) is 2.65. The van der Waals surface area contributed by atoms with Crippen LogP contribution in [0, 0.1) is 0 Å². The Hall–Kier alpha value is -1.76. The monoisotopic (exact) mass is 324 g/mol. The number of amides is 1. The summed E-state index contributed by atoms with van der Waals surface area (Å²) in [7, 11) is 0. The summed E-state index contributed by atoms with van der Waals surface area (Å²) >= 11 is 12.8.